The molecule has 7 nitrogen and oxygen atoms in total. The average Bonchev–Trinajstić information content (AvgIpc) is 2.60. The number of aryl methyl sites for hydroxylation is 1. The number of carbonyl (C=O) groups excluding carboxylic acids is 1. The molecular weight excluding hydrogens is 308 g/mol. The van der Waals surface area contributed by atoms with Gasteiger partial charge in [0.15, 0.2) is 0 Å². The summed E-state index contributed by atoms with van der Waals surface area (Å²) in [4.78, 5) is 38.9. The lowest BCUT2D eigenvalue weighted by Gasteiger charge is -2.26. The van der Waals surface area contributed by atoms with Gasteiger partial charge in [-0.15, -0.1) is 0 Å². The van der Waals surface area contributed by atoms with Crippen LogP contribution in [0.3, 0.4) is 0 Å². The van der Waals surface area contributed by atoms with E-state index in [1.165, 1.54) is 10.8 Å². The van der Waals surface area contributed by atoms with E-state index in [2.05, 4.69) is 0 Å². The van der Waals surface area contributed by atoms with E-state index in [1.54, 1.807) is 17.9 Å². The van der Waals surface area contributed by atoms with E-state index < -0.39 is 11.2 Å². The predicted molar refractivity (Wildman–Crippen MR) is 89.3 cm³/mol. The summed E-state index contributed by atoms with van der Waals surface area (Å²) in [5.74, 6) is -0.303. The molecule has 1 aromatic rings. The molecule has 7 heteroatoms. The fourth-order valence-electron chi connectivity index (χ4n) is 2.92. The molecule has 0 radical (unpaired) electrons. The normalized spacial score (nSPS) is 14.0. The Kier molecular flexibility index (Phi) is 5.74. The molecule has 0 unspecified atom stereocenters. The topological polar surface area (TPSA) is 88.1 Å². The lowest BCUT2D eigenvalue weighted by atomic mass is 10.0. The van der Waals surface area contributed by atoms with Crippen LogP contribution in [0.1, 0.15) is 45.1 Å². The van der Waals surface area contributed by atoms with Gasteiger partial charge < -0.3 is 4.90 Å². The summed E-state index contributed by atoms with van der Waals surface area (Å²) in [6.07, 6.45) is 7.19. The molecule has 1 heterocycles. The van der Waals surface area contributed by atoms with E-state index >= 15 is 0 Å². The summed E-state index contributed by atoms with van der Waals surface area (Å²) in [6.45, 7) is 4.07. The highest BCUT2D eigenvalue weighted by Gasteiger charge is 2.21. The second-order valence-corrected chi connectivity index (χ2v) is 5.69. The number of likely N-dealkylation sites (N-methyl/N-ethyl adjacent to an activating group) is 1. The molecule has 0 spiro atoms. The van der Waals surface area contributed by atoms with Gasteiger partial charge >= 0.3 is 5.69 Å². The third-order valence-corrected chi connectivity index (χ3v) is 4.22. The molecule has 0 bridgehead atoms. The van der Waals surface area contributed by atoms with Crippen molar-refractivity contribution in [1.82, 2.24) is 14.0 Å². The number of carbonyl (C=O) groups is 1. The second kappa shape index (κ2) is 7.77. The van der Waals surface area contributed by atoms with Gasteiger partial charge in [-0.25, -0.2) is 9.36 Å². The first-order valence-corrected chi connectivity index (χ1v) is 8.27. The molecule has 0 atom stereocenters. The maximum absolute atomic E-state index is 12.6. The van der Waals surface area contributed by atoms with Crippen molar-refractivity contribution in [2.24, 2.45) is 0 Å². The summed E-state index contributed by atoms with van der Waals surface area (Å²) in [7, 11) is 0. The van der Waals surface area contributed by atoms with Gasteiger partial charge in [0.25, 0.3) is 5.56 Å². The first-order valence-electron chi connectivity index (χ1n) is 8.27. The number of hydrogen-bond acceptors (Lipinski definition) is 4. The van der Waals surface area contributed by atoms with Gasteiger partial charge in [-0.05, 0) is 39.5 Å². The standard InChI is InChI=1S/C17H22N4O3/c1-3-19-11-13(10-18)16(23)21(17(19)24)12-15(22)20(4-2)14-8-6-5-7-9-14/h8,11H,3-7,9,12H2,1-2H3. The number of nitrogens with zero attached hydrogens (tertiary/aromatic N) is 4. The molecule has 1 amide bonds. The third kappa shape index (κ3) is 3.48. The Morgan fingerprint density at radius 1 is 1.33 bits per heavy atom. The number of allylic oxidation sites excluding steroid dienone is 2. The third-order valence-electron chi connectivity index (χ3n) is 4.22. The molecule has 0 saturated carbocycles. The Bertz CT molecular complexity index is 811. The fourth-order valence-corrected chi connectivity index (χ4v) is 2.92. The van der Waals surface area contributed by atoms with Crippen LogP contribution in [0.2, 0.25) is 0 Å². The molecule has 1 aliphatic rings. The maximum Gasteiger partial charge on any atom is 0.331 e. The van der Waals surface area contributed by atoms with E-state index in [1.807, 2.05) is 13.0 Å². The molecule has 2 rings (SSSR count). The van der Waals surface area contributed by atoms with Crippen molar-refractivity contribution < 1.29 is 4.79 Å². The first-order chi connectivity index (χ1) is 11.5. The van der Waals surface area contributed by atoms with E-state index in [0.717, 1.165) is 35.9 Å². The molecule has 1 aliphatic carbocycles. The Balaban J connectivity index is 2.38. The first kappa shape index (κ1) is 17.7. The highest BCUT2D eigenvalue weighted by atomic mass is 16.2. The van der Waals surface area contributed by atoms with Crippen molar-refractivity contribution in [3.63, 3.8) is 0 Å². The van der Waals surface area contributed by atoms with Crippen molar-refractivity contribution in [3.8, 4) is 6.07 Å². The molecule has 1 aromatic heterocycles. The molecule has 0 aromatic carbocycles. The summed E-state index contributed by atoms with van der Waals surface area (Å²) in [5.41, 5.74) is -0.462. The van der Waals surface area contributed by atoms with Crippen molar-refractivity contribution in [1.29, 1.82) is 5.26 Å². The molecule has 0 N–H and O–H groups in total. The van der Waals surface area contributed by atoms with Gasteiger partial charge in [-0.2, -0.15) is 5.26 Å². The lowest BCUT2D eigenvalue weighted by molar-refractivity contribution is -0.130. The van der Waals surface area contributed by atoms with Crippen molar-refractivity contribution in [2.45, 2.75) is 52.6 Å². The van der Waals surface area contributed by atoms with Crippen LogP contribution >= 0.6 is 0 Å². The quantitative estimate of drug-likeness (QED) is 0.812. The summed E-state index contributed by atoms with van der Waals surface area (Å²) < 4.78 is 2.12. The minimum Gasteiger partial charge on any atom is -0.315 e. The Labute approximate surface area is 140 Å². The van der Waals surface area contributed by atoms with Gasteiger partial charge in [0, 0.05) is 25.0 Å². The molecule has 0 aliphatic heterocycles. The minimum atomic E-state index is -0.714. The number of nitriles is 1. The van der Waals surface area contributed by atoms with Gasteiger partial charge in [0.05, 0.1) is 0 Å². The SMILES string of the molecule is CCN(C(=O)Cn1c(=O)c(C#N)cn(CC)c1=O)C1=CCCCC1. The molecule has 24 heavy (non-hydrogen) atoms. The Morgan fingerprint density at radius 3 is 2.62 bits per heavy atom. The largest absolute Gasteiger partial charge is 0.331 e. The predicted octanol–water partition coefficient (Wildman–Crippen LogP) is 1.21. The average molecular weight is 330 g/mol. The zero-order valence-electron chi connectivity index (χ0n) is 14.1. The molecular formula is C17H22N4O3. The van der Waals surface area contributed by atoms with E-state index in [4.69, 9.17) is 5.26 Å². The van der Waals surface area contributed by atoms with Crippen LogP contribution < -0.4 is 11.2 Å². The van der Waals surface area contributed by atoms with Crippen molar-refractivity contribution >= 4 is 5.91 Å². The number of aromatic nitrogens is 2. The van der Waals surface area contributed by atoms with Crippen LogP contribution in [0.5, 0.6) is 0 Å². The summed E-state index contributed by atoms with van der Waals surface area (Å²) >= 11 is 0. The van der Waals surface area contributed by atoms with Gasteiger partial charge in [0.1, 0.15) is 18.2 Å². The lowest BCUT2D eigenvalue weighted by Crippen LogP contribution is -2.45. The maximum atomic E-state index is 12.6. The van der Waals surface area contributed by atoms with Crippen LogP contribution in [0.15, 0.2) is 27.6 Å². The van der Waals surface area contributed by atoms with E-state index in [0.29, 0.717) is 13.1 Å². The summed E-state index contributed by atoms with van der Waals surface area (Å²) in [5, 5.41) is 9.06. The smallest absolute Gasteiger partial charge is 0.315 e. The van der Waals surface area contributed by atoms with Crippen LogP contribution in [-0.4, -0.2) is 26.5 Å². The number of amides is 1. The van der Waals surface area contributed by atoms with E-state index in [-0.39, 0.29) is 18.0 Å². The van der Waals surface area contributed by atoms with Gasteiger partial charge in [-0.1, -0.05) is 6.08 Å². The molecule has 128 valence electrons. The minimum absolute atomic E-state index is 0.135. The van der Waals surface area contributed by atoms with Crippen molar-refractivity contribution in [2.75, 3.05) is 6.54 Å². The van der Waals surface area contributed by atoms with Crippen LogP contribution in [0.4, 0.5) is 0 Å². The molecule has 0 saturated heterocycles. The van der Waals surface area contributed by atoms with Gasteiger partial charge in [-0.3, -0.25) is 14.2 Å². The summed E-state index contributed by atoms with van der Waals surface area (Å²) in [6, 6.07) is 1.79. The number of rotatable bonds is 5. The van der Waals surface area contributed by atoms with Gasteiger partial charge in [0.2, 0.25) is 5.91 Å². The fraction of sp³-hybridized carbons (Fsp3) is 0.529. The molecule has 0 fully saturated rings. The zero-order chi connectivity index (χ0) is 17.7. The second-order valence-electron chi connectivity index (χ2n) is 5.69. The van der Waals surface area contributed by atoms with Crippen LogP contribution in [0.25, 0.3) is 0 Å². The van der Waals surface area contributed by atoms with Crippen molar-refractivity contribution in [3.05, 3.63) is 44.4 Å². The number of hydrogen-bond donors (Lipinski definition) is 0. The Morgan fingerprint density at radius 2 is 2.08 bits per heavy atom. The highest BCUT2D eigenvalue weighted by Crippen LogP contribution is 2.20. The van der Waals surface area contributed by atoms with Crippen LogP contribution in [0, 0.1) is 11.3 Å². The monoisotopic (exact) mass is 330 g/mol. The zero-order valence-corrected chi connectivity index (χ0v) is 14.1. The van der Waals surface area contributed by atoms with Crippen LogP contribution in [-0.2, 0) is 17.9 Å². The Hall–Kier alpha value is -2.62. The highest BCUT2D eigenvalue weighted by molar-refractivity contribution is 5.77. The van der Waals surface area contributed by atoms with E-state index in [9.17, 15) is 14.4 Å².